The molecule has 1 heterocycles. The molecule has 7 nitrogen and oxygen atoms in total. The van der Waals surface area contributed by atoms with Gasteiger partial charge < -0.3 is 9.84 Å². The summed E-state index contributed by atoms with van der Waals surface area (Å²) in [5.74, 6) is -0.878. The van der Waals surface area contributed by atoms with Crippen LogP contribution >= 0.6 is 15.9 Å². The Bertz CT molecular complexity index is 848. The third-order valence-electron chi connectivity index (χ3n) is 3.20. The van der Waals surface area contributed by atoms with Gasteiger partial charge in [-0.3, -0.25) is 4.79 Å². The monoisotopic (exact) mass is 413 g/mol. The minimum absolute atomic E-state index is 0.0617. The van der Waals surface area contributed by atoms with Crippen molar-refractivity contribution in [1.29, 1.82) is 0 Å². The Balaban J connectivity index is 2.13. The second kappa shape index (κ2) is 7.71. The molecule has 1 aromatic carbocycles. The number of halogens is 1. The fourth-order valence-corrected chi connectivity index (χ4v) is 3.36. The van der Waals surface area contributed by atoms with E-state index in [4.69, 9.17) is 4.52 Å². The minimum atomic E-state index is -3.77. The maximum absolute atomic E-state index is 12.3. The van der Waals surface area contributed by atoms with Crippen molar-refractivity contribution in [2.24, 2.45) is 0 Å². The third kappa shape index (κ3) is 4.51. The van der Waals surface area contributed by atoms with Gasteiger partial charge in [0.1, 0.15) is 11.0 Å². The van der Waals surface area contributed by atoms with E-state index in [2.05, 4.69) is 38.0 Å². The number of carbonyl (C=O) groups excluding carboxylic acids is 1. The molecule has 9 heteroatoms. The Labute approximate surface area is 148 Å². The van der Waals surface area contributed by atoms with Gasteiger partial charge >= 0.3 is 0 Å². The first-order valence-electron chi connectivity index (χ1n) is 7.02. The van der Waals surface area contributed by atoms with Gasteiger partial charge in [0.25, 0.3) is 0 Å². The lowest BCUT2D eigenvalue weighted by atomic mass is 10.2. The van der Waals surface area contributed by atoms with Crippen LogP contribution in [0.5, 0.6) is 0 Å². The molecule has 0 radical (unpaired) electrons. The van der Waals surface area contributed by atoms with Crippen LogP contribution in [0, 0.1) is 0 Å². The number of nitrogens with zero attached hydrogens (tertiary/aromatic N) is 2. The molecule has 24 heavy (non-hydrogen) atoms. The molecule has 1 aromatic heterocycles. The van der Waals surface area contributed by atoms with Crippen LogP contribution in [0.4, 0.5) is 0 Å². The number of sulfone groups is 1. The molecule has 0 aliphatic carbocycles. The number of aromatic nitrogens is 2. The lowest BCUT2D eigenvalue weighted by Gasteiger charge is -2.10. The normalized spacial score (nSPS) is 12.6. The SMILES string of the molecule is C=CCNC(=O)C(C)S(=O)(=O)Cc1nc(-c2cccc(Br)c2)no1. The van der Waals surface area contributed by atoms with Gasteiger partial charge in [-0.1, -0.05) is 39.3 Å². The summed E-state index contributed by atoms with van der Waals surface area (Å²) in [4.78, 5) is 15.9. The first kappa shape index (κ1) is 18.3. The van der Waals surface area contributed by atoms with Gasteiger partial charge in [0.2, 0.25) is 17.6 Å². The van der Waals surface area contributed by atoms with Gasteiger partial charge in [-0.15, -0.1) is 6.58 Å². The topological polar surface area (TPSA) is 102 Å². The fraction of sp³-hybridized carbons (Fsp3) is 0.267. The highest BCUT2D eigenvalue weighted by molar-refractivity contribution is 9.10. The van der Waals surface area contributed by atoms with Gasteiger partial charge in [0, 0.05) is 16.6 Å². The van der Waals surface area contributed by atoms with E-state index in [0.29, 0.717) is 5.56 Å². The number of hydrogen-bond donors (Lipinski definition) is 1. The van der Waals surface area contributed by atoms with E-state index >= 15 is 0 Å². The molecule has 0 aliphatic heterocycles. The molecule has 2 aromatic rings. The average molecular weight is 414 g/mol. The zero-order valence-electron chi connectivity index (χ0n) is 12.9. The Morgan fingerprint density at radius 1 is 1.50 bits per heavy atom. The number of amides is 1. The van der Waals surface area contributed by atoms with Gasteiger partial charge in [0.15, 0.2) is 9.84 Å². The third-order valence-corrected chi connectivity index (χ3v) is 5.64. The summed E-state index contributed by atoms with van der Waals surface area (Å²) in [6.07, 6.45) is 1.47. The second-order valence-corrected chi connectivity index (χ2v) is 8.24. The van der Waals surface area contributed by atoms with E-state index in [-0.39, 0.29) is 18.3 Å². The van der Waals surface area contributed by atoms with Crippen molar-refractivity contribution in [3.05, 3.63) is 47.3 Å². The van der Waals surface area contributed by atoms with Crippen molar-refractivity contribution in [2.75, 3.05) is 6.54 Å². The van der Waals surface area contributed by atoms with Crippen LogP contribution in [-0.2, 0) is 20.4 Å². The smallest absolute Gasteiger partial charge is 0.242 e. The zero-order chi connectivity index (χ0) is 17.7. The fourth-order valence-electron chi connectivity index (χ4n) is 1.83. The van der Waals surface area contributed by atoms with E-state index in [1.165, 1.54) is 13.0 Å². The molecule has 1 atom stereocenters. The Hall–Kier alpha value is -2.00. The van der Waals surface area contributed by atoms with E-state index in [1.807, 2.05) is 6.07 Å². The Morgan fingerprint density at radius 3 is 2.92 bits per heavy atom. The maximum Gasteiger partial charge on any atom is 0.242 e. The highest BCUT2D eigenvalue weighted by Gasteiger charge is 2.30. The molecule has 0 aliphatic rings. The van der Waals surface area contributed by atoms with E-state index < -0.39 is 26.7 Å². The molecule has 0 saturated carbocycles. The standard InChI is InChI=1S/C15H16BrN3O4S/c1-3-7-17-15(20)10(2)24(21,22)9-13-18-14(19-23-13)11-5-4-6-12(16)8-11/h3-6,8,10H,1,7,9H2,2H3,(H,17,20). The lowest BCUT2D eigenvalue weighted by molar-refractivity contribution is -0.120. The van der Waals surface area contributed by atoms with Gasteiger partial charge in [-0.05, 0) is 19.1 Å². The molecule has 2 rings (SSSR count). The Kier molecular flexibility index (Phi) is 5.89. The number of rotatable bonds is 7. The number of benzene rings is 1. The van der Waals surface area contributed by atoms with Crippen LogP contribution in [0.1, 0.15) is 12.8 Å². The summed E-state index contributed by atoms with van der Waals surface area (Å²) < 4.78 is 30.4. The molecule has 1 unspecified atom stereocenters. The first-order chi connectivity index (χ1) is 11.3. The number of nitrogens with one attached hydrogen (secondary N) is 1. The van der Waals surface area contributed by atoms with Crippen LogP contribution in [0.2, 0.25) is 0 Å². The van der Waals surface area contributed by atoms with Crippen molar-refractivity contribution in [3.8, 4) is 11.4 Å². The highest BCUT2D eigenvalue weighted by Crippen LogP contribution is 2.21. The zero-order valence-corrected chi connectivity index (χ0v) is 15.3. The molecule has 0 saturated heterocycles. The molecular formula is C15H16BrN3O4S. The summed E-state index contributed by atoms with van der Waals surface area (Å²) in [7, 11) is -3.77. The average Bonchev–Trinajstić information content (AvgIpc) is 2.99. The van der Waals surface area contributed by atoms with Crippen LogP contribution in [0.3, 0.4) is 0 Å². The summed E-state index contributed by atoms with van der Waals surface area (Å²) in [6.45, 7) is 4.98. The maximum atomic E-state index is 12.3. The lowest BCUT2D eigenvalue weighted by Crippen LogP contribution is -2.38. The summed E-state index contributed by atoms with van der Waals surface area (Å²) in [5.41, 5.74) is 0.688. The molecule has 1 amide bonds. The minimum Gasteiger partial charge on any atom is -0.352 e. The largest absolute Gasteiger partial charge is 0.352 e. The molecule has 1 N–H and O–H groups in total. The predicted octanol–water partition coefficient (Wildman–Crippen LogP) is 2.10. The van der Waals surface area contributed by atoms with Crippen molar-refractivity contribution in [2.45, 2.75) is 17.9 Å². The molecule has 0 bridgehead atoms. The number of hydrogen-bond acceptors (Lipinski definition) is 6. The summed E-state index contributed by atoms with van der Waals surface area (Å²) in [5, 5.41) is 5.01. The van der Waals surface area contributed by atoms with Crippen LogP contribution in [0.15, 0.2) is 45.9 Å². The predicted molar refractivity (Wildman–Crippen MR) is 92.7 cm³/mol. The van der Waals surface area contributed by atoms with Crippen molar-refractivity contribution < 1.29 is 17.7 Å². The highest BCUT2D eigenvalue weighted by atomic mass is 79.9. The molecular weight excluding hydrogens is 398 g/mol. The first-order valence-corrected chi connectivity index (χ1v) is 9.53. The molecule has 128 valence electrons. The quantitative estimate of drug-likeness (QED) is 0.697. The number of carbonyl (C=O) groups is 1. The molecule has 0 fully saturated rings. The molecule has 0 spiro atoms. The van der Waals surface area contributed by atoms with Crippen molar-refractivity contribution >= 4 is 31.7 Å². The second-order valence-electron chi connectivity index (χ2n) is 5.01. The van der Waals surface area contributed by atoms with E-state index in [1.54, 1.807) is 18.2 Å². The van der Waals surface area contributed by atoms with Crippen LogP contribution in [0.25, 0.3) is 11.4 Å². The van der Waals surface area contributed by atoms with Gasteiger partial charge in [-0.25, -0.2) is 8.42 Å². The summed E-state index contributed by atoms with van der Waals surface area (Å²) in [6, 6.07) is 7.21. The van der Waals surface area contributed by atoms with Crippen LogP contribution in [-0.4, -0.2) is 36.3 Å². The van der Waals surface area contributed by atoms with E-state index in [9.17, 15) is 13.2 Å². The van der Waals surface area contributed by atoms with E-state index in [0.717, 1.165) is 4.47 Å². The van der Waals surface area contributed by atoms with Crippen molar-refractivity contribution in [1.82, 2.24) is 15.5 Å². The van der Waals surface area contributed by atoms with Gasteiger partial charge in [-0.2, -0.15) is 4.98 Å². The van der Waals surface area contributed by atoms with Crippen molar-refractivity contribution in [3.63, 3.8) is 0 Å². The van der Waals surface area contributed by atoms with Gasteiger partial charge in [0.05, 0.1) is 0 Å². The van der Waals surface area contributed by atoms with Crippen LogP contribution < -0.4 is 5.32 Å². The Morgan fingerprint density at radius 2 is 2.25 bits per heavy atom. The summed E-state index contributed by atoms with van der Waals surface area (Å²) >= 11 is 3.34.